The summed E-state index contributed by atoms with van der Waals surface area (Å²) in [4.78, 5) is 34.0. The molecule has 0 saturated heterocycles. The topological polar surface area (TPSA) is 99.7 Å². The van der Waals surface area contributed by atoms with Gasteiger partial charge in [0.25, 0.3) is 5.69 Å². The summed E-state index contributed by atoms with van der Waals surface area (Å²) in [5.41, 5.74) is -0.0770. The molecule has 3 rings (SSSR count). The van der Waals surface area contributed by atoms with Gasteiger partial charge in [-0.3, -0.25) is 10.1 Å². The Balaban J connectivity index is 1.76. The quantitative estimate of drug-likeness (QED) is 0.316. The van der Waals surface area contributed by atoms with Crippen molar-refractivity contribution in [1.82, 2.24) is 0 Å². The normalized spacial score (nSPS) is 10.5. The number of carbonyl (C=O) groups is 1. The summed E-state index contributed by atoms with van der Waals surface area (Å²) in [6.45, 7) is -0.108. The molecule has 3 aromatic rings. The van der Waals surface area contributed by atoms with Crippen LogP contribution in [0.5, 0.6) is 0 Å². The molecule has 24 heavy (non-hydrogen) atoms. The fourth-order valence-electron chi connectivity index (χ4n) is 2.14. The van der Waals surface area contributed by atoms with Crippen LogP contribution in [0.2, 0.25) is 0 Å². The average Bonchev–Trinajstić information content (AvgIpc) is 2.59. The lowest BCUT2D eigenvalue weighted by molar-refractivity contribution is -0.384. The van der Waals surface area contributed by atoms with Crippen molar-refractivity contribution in [3.63, 3.8) is 0 Å². The fourth-order valence-corrected chi connectivity index (χ4v) is 2.14. The maximum atomic E-state index is 12.1. The van der Waals surface area contributed by atoms with Gasteiger partial charge in [-0.1, -0.05) is 18.2 Å². The first-order valence-electron chi connectivity index (χ1n) is 6.98. The molecule has 1 aromatic heterocycles. The Bertz CT molecular complexity index is 974. The zero-order chi connectivity index (χ0) is 17.1. The van der Waals surface area contributed by atoms with Crippen LogP contribution in [0.1, 0.15) is 15.9 Å². The monoisotopic (exact) mass is 325 g/mol. The van der Waals surface area contributed by atoms with Gasteiger partial charge in [-0.15, -0.1) is 0 Å². The molecule has 2 aromatic carbocycles. The van der Waals surface area contributed by atoms with Crippen LogP contribution in [-0.4, -0.2) is 10.9 Å². The molecule has 7 heteroatoms. The summed E-state index contributed by atoms with van der Waals surface area (Å²) in [5.74, 6) is -0.812. The Morgan fingerprint density at radius 3 is 2.54 bits per heavy atom. The molecule has 120 valence electrons. The number of esters is 1. The predicted molar refractivity (Wildman–Crippen MR) is 84.7 cm³/mol. The van der Waals surface area contributed by atoms with E-state index in [1.807, 2.05) is 0 Å². The minimum atomic E-state index is -0.812. The van der Waals surface area contributed by atoms with Crippen molar-refractivity contribution in [1.29, 1.82) is 0 Å². The highest BCUT2D eigenvalue weighted by Crippen LogP contribution is 2.15. The predicted octanol–water partition coefficient (Wildman–Crippen LogP) is 3.06. The first-order valence-corrected chi connectivity index (χ1v) is 6.98. The second-order valence-electron chi connectivity index (χ2n) is 4.99. The van der Waals surface area contributed by atoms with Gasteiger partial charge in [0.05, 0.1) is 4.92 Å². The van der Waals surface area contributed by atoms with E-state index in [1.165, 1.54) is 30.3 Å². The smallest absolute Gasteiger partial charge is 0.351 e. The molecule has 0 N–H and O–H groups in total. The Kier molecular flexibility index (Phi) is 4.07. The van der Waals surface area contributed by atoms with Crippen LogP contribution in [0.25, 0.3) is 11.0 Å². The van der Waals surface area contributed by atoms with Crippen molar-refractivity contribution < 1.29 is 18.9 Å². The van der Waals surface area contributed by atoms with Gasteiger partial charge >= 0.3 is 11.6 Å². The van der Waals surface area contributed by atoms with Crippen LogP contribution in [-0.2, 0) is 11.3 Å². The van der Waals surface area contributed by atoms with E-state index >= 15 is 0 Å². The molecule has 0 saturated carbocycles. The summed E-state index contributed by atoms with van der Waals surface area (Å²) < 4.78 is 10.2. The van der Waals surface area contributed by atoms with Gasteiger partial charge in [0.1, 0.15) is 17.8 Å². The van der Waals surface area contributed by atoms with Crippen LogP contribution in [0, 0.1) is 10.1 Å². The zero-order valence-corrected chi connectivity index (χ0v) is 12.3. The molecule has 0 fully saturated rings. The highest BCUT2D eigenvalue weighted by molar-refractivity contribution is 5.92. The Hall–Kier alpha value is -3.48. The van der Waals surface area contributed by atoms with Crippen LogP contribution in [0.3, 0.4) is 0 Å². The maximum absolute atomic E-state index is 12.1. The third-order valence-corrected chi connectivity index (χ3v) is 3.38. The molecule has 0 unspecified atom stereocenters. The molecule has 0 radical (unpaired) electrons. The van der Waals surface area contributed by atoms with Crippen molar-refractivity contribution in [2.24, 2.45) is 0 Å². The number of carbonyl (C=O) groups excluding carboxylic acids is 1. The molecular weight excluding hydrogens is 314 g/mol. The molecule has 0 spiro atoms. The Labute approximate surface area is 135 Å². The van der Waals surface area contributed by atoms with Crippen LogP contribution >= 0.6 is 0 Å². The third kappa shape index (κ3) is 3.14. The van der Waals surface area contributed by atoms with Crippen molar-refractivity contribution in [3.8, 4) is 0 Å². The number of fused-ring (bicyclic) bond motifs is 1. The highest BCUT2D eigenvalue weighted by Gasteiger charge is 2.15. The number of rotatable bonds is 4. The highest BCUT2D eigenvalue weighted by atomic mass is 16.6. The standard InChI is InChI=1S/C17H11NO6/c19-16(23-10-11-5-7-13(8-6-11)18(21)22)14-9-12-3-1-2-4-15(12)24-17(14)20/h1-9H,10H2. The minimum absolute atomic E-state index is 0.0553. The molecule has 0 atom stereocenters. The number of hydrogen-bond donors (Lipinski definition) is 0. The summed E-state index contributed by atoms with van der Waals surface area (Å²) >= 11 is 0. The van der Waals surface area contributed by atoms with Gasteiger partial charge in [0.15, 0.2) is 0 Å². The van der Waals surface area contributed by atoms with Crippen LogP contribution in [0.15, 0.2) is 63.8 Å². The molecule has 0 bridgehead atoms. The van der Waals surface area contributed by atoms with Crippen LogP contribution < -0.4 is 5.63 Å². The van der Waals surface area contributed by atoms with Crippen molar-refractivity contribution in [2.45, 2.75) is 6.61 Å². The van der Waals surface area contributed by atoms with Gasteiger partial charge in [0.2, 0.25) is 0 Å². The van der Waals surface area contributed by atoms with E-state index in [-0.39, 0.29) is 17.9 Å². The van der Waals surface area contributed by atoms with Gasteiger partial charge in [-0.2, -0.15) is 0 Å². The molecule has 0 aliphatic carbocycles. The second-order valence-corrected chi connectivity index (χ2v) is 4.99. The van der Waals surface area contributed by atoms with Gasteiger partial charge in [0, 0.05) is 17.5 Å². The summed E-state index contributed by atoms with van der Waals surface area (Å²) in [5, 5.41) is 11.2. The molecule has 1 heterocycles. The molecule has 0 aliphatic heterocycles. The molecule has 0 aliphatic rings. The first kappa shape index (κ1) is 15.4. The van der Waals surface area contributed by atoms with Crippen molar-refractivity contribution >= 4 is 22.6 Å². The lowest BCUT2D eigenvalue weighted by Crippen LogP contribution is -2.16. The fraction of sp³-hybridized carbons (Fsp3) is 0.0588. The van der Waals surface area contributed by atoms with E-state index < -0.39 is 16.5 Å². The molecule has 7 nitrogen and oxygen atoms in total. The second kappa shape index (κ2) is 6.33. The Morgan fingerprint density at radius 1 is 1.12 bits per heavy atom. The van der Waals surface area contributed by atoms with E-state index in [0.29, 0.717) is 16.5 Å². The van der Waals surface area contributed by atoms with Gasteiger partial charge in [-0.05, 0) is 29.8 Å². The zero-order valence-electron chi connectivity index (χ0n) is 12.3. The van der Waals surface area contributed by atoms with Gasteiger partial charge < -0.3 is 9.15 Å². The number of hydrogen-bond acceptors (Lipinski definition) is 6. The van der Waals surface area contributed by atoms with Crippen molar-refractivity contribution in [2.75, 3.05) is 0 Å². The first-order chi connectivity index (χ1) is 11.5. The summed E-state index contributed by atoms with van der Waals surface area (Å²) in [6, 6.07) is 13.8. The maximum Gasteiger partial charge on any atom is 0.351 e. The number of benzene rings is 2. The summed E-state index contributed by atoms with van der Waals surface area (Å²) in [6.07, 6.45) is 0. The Morgan fingerprint density at radius 2 is 1.83 bits per heavy atom. The number of nitro benzene ring substituents is 1. The third-order valence-electron chi connectivity index (χ3n) is 3.38. The van der Waals surface area contributed by atoms with Crippen LogP contribution in [0.4, 0.5) is 5.69 Å². The van der Waals surface area contributed by atoms with E-state index in [0.717, 1.165) is 0 Å². The largest absolute Gasteiger partial charge is 0.457 e. The van der Waals surface area contributed by atoms with Gasteiger partial charge in [-0.25, -0.2) is 9.59 Å². The number of nitro groups is 1. The lowest BCUT2D eigenvalue weighted by Gasteiger charge is -2.05. The van der Waals surface area contributed by atoms with E-state index in [1.54, 1.807) is 24.3 Å². The lowest BCUT2D eigenvalue weighted by atomic mass is 10.2. The molecular formula is C17H11NO6. The number of non-ortho nitro benzene ring substituents is 1. The number of nitrogens with zero attached hydrogens (tertiary/aromatic N) is 1. The van der Waals surface area contributed by atoms with E-state index in [4.69, 9.17) is 9.15 Å². The molecule has 0 amide bonds. The number of para-hydroxylation sites is 1. The van der Waals surface area contributed by atoms with Crippen molar-refractivity contribution in [3.05, 3.63) is 86.3 Å². The number of ether oxygens (including phenoxy) is 1. The van der Waals surface area contributed by atoms with E-state index in [9.17, 15) is 19.7 Å². The minimum Gasteiger partial charge on any atom is -0.457 e. The van der Waals surface area contributed by atoms with E-state index in [2.05, 4.69) is 0 Å². The average molecular weight is 325 g/mol. The summed E-state index contributed by atoms with van der Waals surface area (Å²) in [7, 11) is 0. The SMILES string of the molecule is O=C(OCc1ccc([N+](=O)[O-])cc1)c1cc2ccccc2oc1=O.